The molecule has 0 spiro atoms. The van der Waals surface area contributed by atoms with Crippen molar-refractivity contribution in [1.82, 2.24) is 14.8 Å². The first kappa shape index (κ1) is 12.3. The normalized spacial score (nSPS) is 11.4. The van der Waals surface area contributed by atoms with Crippen LogP contribution in [0.25, 0.3) is 0 Å². The van der Waals surface area contributed by atoms with Gasteiger partial charge in [-0.25, -0.2) is 4.79 Å². The molecule has 0 atom stereocenters. The molecule has 0 saturated heterocycles. The molecule has 18 heavy (non-hydrogen) atoms. The van der Waals surface area contributed by atoms with Crippen molar-refractivity contribution in [1.29, 1.82) is 0 Å². The zero-order chi connectivity index (χ0) is 13.2. The summed E-state index contributed by atoms with van der Waals surface area (Å²) in [5.41, 5.74) is 0.0288. The highest BCUT2D eigenvalue weighted by molar-refractivity contribution is 5.75. The van der Waals surface area contributed by atoms with E-state index in [-0.39, 0.29) is 0 Å². The fraction of sp³-hybridized carbons (Fsp3) is 0.308. The van der Waals surface area contributed by atoms with Crippen molar-refractivity contribution in [3.05, 3.63) is 48.0 Å². The molecule has 2 aromatic rings. The molecular weight excluding hydrogens is 230 g/mol. The molecule has 5 heteroatoms. The minimum absolute atomic E-state index is 0.567. The third-order valence-electron chi connectivity index (χ3n) is 2.95. The summed E-state index contributed by atoms with van der Waals surface area (Å²) in [6, 6.07) is 9.78. The summed E-state index contributed by atoms with van der Waals surface area (Å²) in [7, 11) is 0. The van der Waals surface area contributed by atoms with Gasteiger partial charge in [-0.05, 0) is 19.4 Å². The van der Waals surface area contributed by atoms with Gasteiger partial charge in [0.2, 0.25) is 0 Å². The molecule has 0 fully saturated rings. The van der Waals surface area contributed by atoms with E-state index in [0.717, 1.165) is 5.56 Å². The first-order chi connectivity index (χ1) is 8.51. The molecule has 1 aromatic carbocycles. The number of aromatic nitrogens is 3. The van der Waals surface area contributed by atoms with E-state index in [1.165, 1.54) is 6.33 Å². The summed E-state index contributed by atoms with van der Waals surface area (Å²) in [4.78, 5) is 11.2. The van der Waals surface area contributed by atoms with E-state index >= 15 is 0 Å². The molecule has 0 saturated carbocycles. The Kier molecular flexibility index (Phi) is 3.14. The lowest BCUT2D eigenvalue weighted by Gasteiger charge is -2.22. The van der Waals surface area contributed by atoms with Crippen molar-refractivity contribution in [3.8, 4) is 0 Å². The van der Waals surface area contributed by atoms with Gasteiger partial charge in [-0.15, -0.1) is 10.2 Å². The Morgan fingerprint density at radius 1 is 1.33 bits per heavy atom. The van der Waals surface area contributed by atoms with E-state index in [2.05, 4.69) is 10.2 Å². The lowest BCUT2D eigenvalue weighted by Crippen LogP contribution is -2.36. The Bertz CT molecular complexity index is 546. The van der Waals surface area contributed by atoms with E-state index in [1.54, 1.807) is 18.4 Å². The lowest BCUT2D eigenvalue weighted by atomic mass is 10.0. The van der Waals surface area contributed by atoms with Crippen LogP contribution in [-0.2, 0) is 16.8 Å². The minimum Gasteiger partial charge on any atom is -0.480 e. The summed E-state index contributed by atoms with van der Waals surface area (Å²) in [6.07, 6.45) is 2.03. The highest BCUT2D eigenvalue weighted by Crippen LogP contribution is 2.18. The van der Waals surface area contributed by atoms with Crippen LogP contribution in [0.3, 0.4) is 0 Å². The topological polar surface area (TPSA) is 68.0 Å². The lowest BCUT2D eigenvalue weighted by molar-refractivity contribution is -0.145. The highest BCUT2D eigenvalue weighted by atomic mass is 16.4. The number of hydrogen-bond donors (Lipinski definition) is 1. The minimum atomic E-state index is -1.05. The molecule has 0 amide bonds. The quantitative estimate of drug-likeness (QED) is 0.890. The Hall–Kier alpha value is -2.17. The van der Waals surface area contributed by atoms with Crippen LogP contribution >= 0.6 is 0 Å². The monoisotopic (exact) mass is 245 g/mol. The van der Waals surface area contributed by atoms with Gasteiger partial charge in [-0.1, -0.05) is 30.3 Å². The maximum atomic E-state index is 11.2. The second-order valence-corrected chi connectivity index (χ2v) is 4.64. The van der Waals surface area contributed by atoms with Crippen molar-refractivity contribution in [2.24, 2.45) is 0 Å². The van der Waals surface area contributed by atoms with Crippen molar-refractivity contribution in [2.45, 2.75) is 25.8 Å². The number of hydrogen-bond acceptors (Lipinski definition) is 3. The second-order valence-electron chi connectivity index (χ2n) is 4.64. The van der Waals surface area contributed by atoms with Gasteiger partial charge in [-0.2, -0.15) is 0 Å². The molecule has 2 rings (SSSR count). The summed E-state index contributed by atoms with van der Waals surface area (Å²) < 4.78 is 1.60. The predicted molar refractivity (Wildman–Crippen MR) is 66.2 cm³/mol. The number of rotatable bonds is 4. The van der Waals surface area contributed by atoms with Gasteiger partial charge in [0.15, 0.2) is 0 Å². The summed E-state index contributed by atoms with van der Waals surface area (Å²) in [5.74, 6) is -0.259. The Balaban J connectivity index is 2.32. The van der Waals surface area contributed by atoms with Gasteiger partial charge in [0, 0.05) is 6.42 Å². The number of aliphatic carboxylic acids is 1. The zero-order valence-corrected chi connectivity index (χ0v) is 10.4. The van der Waals surface area contributed by atoms with Crippen molar-refractivity contribution in [2.75, 3.05) is 0 Å². The zero-order valence-electron chi connectivity index (χ0n) is 10.4. The van der Waals surface area contributed by atoms with Gasteiger partial charge in [-0.3, -0.25) is 0 Å². The molecule has 0 aliphatic carbocycles. The average molecular weight is 245 g/mol. The molecule has 1 aromatic heterocycles. The van der Waals surface area contributed by atoms with Gasteiger partial charge >= 0.3 is 5.97 Å². The van der Waals surface area contributed by atoms with Gasteiger partial charge in [0.25, 0.3) is 0 Å². The Morgan fingerprint density at radius 2 is 2.00 bits per heavy atom. The molecule has 1 N–H and O–H groups in total. The SMILES string of the molecule is CC(C)(C(=O)O)n1cnnc1Cc1ccccc1. The van der Waals surface area contributed by atoms with Crippen LogP contribution in [0, 0.1) is 0 Å². The van der Waals surface area contributed by atoms with Crippen LogP contribution < -0.4 is 0 Å². The third-order valence-corrected chi connectivity index (χ3v) is 2.95. The molecular formula is C13H15N3O2. The fourth-order valence-corrected chi connectivity index (χ4v) is 1.73. The maximum Gasteiger partial charge on any atom is 0.329 e. The van der Waals surface area contributed by atoms with Crippen LogP contribution in [0.15, 0.2) is 36.7 Å². The second kappa shape index (κ2) is 4.60. The Labute approximate surface area is 105 Å². The van der Waals surface area contributed by atoms with Crippen LogP contribution in [0.4, 0.5) is 0 Å². The van der Waals surface area contributed by atoms with Crippen molar-refractivity contribution in [3.63, 3.8) is 0 Å². The van der Waals surface area contributed by atoms with Crippen molar-refractivity contribution < 1.29 is 9.90 Å². The first-order valence-corrected chi connectivity index (χ1v) is 5.68. The molecule has 0 aliphatic rings. The van der Waals surface area contributed by atoms with E-state index in [4.69, 9.17) is 0 Å². The van der Waals surface area contributed by atoms with Crippen LogP contribution in [0.5, 0.6) is 0 Å². The third kappa shape index (κ3) is 2.25. The van der Waals surface area contributed by atoms with Gasteiger partial charge in [0.05, 0.1) is 0 Å². The van der Waals surface area contributed by atoms with E-state index < -0.39 is 11.5 Å². The standard InChI is InChI=1S/C13H15N3O2/c1-13(2,12(17)18)16-9-14-15-11(16)8-10-6-4-3-5-7-10/h3-7,9H,8H2,1-2H3,(H,17,18). The number of carboxylic acid groups (broad SMARTS) is 1. The number of carbonyl (C=O) groups is 1. The average Bonchev–Trinajstić information content (AvgIpc) is 2.79. The summed E-state index contributed by atoms with van der Waals surface area (Å²) in [5, 5.41) is 17.1. The summed E-state index contributed by atoms with van der Waals surface area (Å²) in [6.45, 7) is 3.26. The molecule has 0 radical (unpaired) electrons. The van der Waals surface area contributed by atoms with Gasteiger partial charge < -0.3 is 9.67 Å². The summed E-state index contributed by atoms with van der Waals surface area (Å²) >= 11 is 0. The Morgan fingerprint density at radius 3 is 2.61 bits per heavy atom. The number of benzene rings is 1. The fourth-order valence-electron chi connectivity index (χ4n) is 1.73. The number of nitrogens with zero attached hydrogens (tertiary/aromatic N) is 3. The molecule has 5 nitrogen and oxygen atoms in total. The van der Waals surface area contributed by atoms with E-state index in [1.807, 2.05) is 30.3 Å². The van der Waals surface area contributed by atoms with Crippen molar-refractivity contribution >= 4 is 5.97 Å². The first-order valence-electron chi connectivity index (χ1n) is 5.68. The van der Waals surface area contributed by atoms with E-state index in [9.17, 15) is 9.90 Å². The predicted octanol–water partition coefficient (Wildman–Crippen LogP) is 1.69. The van der Waals surface area contributed by atoms with Gasteiger partial charge in [0.1, 0.15) is 17.7 Å². The molecule has 0 unspecified atom stereocenters. The van der Waals surface area contributed by atoms with E-state index in [0.29, 0.717) is 12.2 Å². The van der Waals surface area contributed by atoms with Crippen LogP contribution in [0.2, 0.25) is 0 Å². The molecule has 94 valence electrons. The molecule has 1 heterocycles. The van der Waals surface area contributed by atoms with Crippen LogP contribution in [0.1, 0.15) is 25.2 Å². The molecule has 0 aliphatic heterocycles. The maximum absolute atomic E-state index is 11.2. The van der Waals surface area contributed by atoms with Crippen LogP contribution in [-0.4, -0.2) is 25.8 Å². The smallest absolute Gasteiger partial charge is 0.329 e. The largest absolute Gasteiger partial charge is 0.480 e. The highest BCUT2D eigenvalue weighted by Gasteiger charge is 2.31. The number of carboxylic acids is 1. The molecule has 0 bridgehead atoms.